The fraction of sp³-hybridized carbons (Fsp3) is 0.440. The molecule has 0 N–H and O–H groups in total. The molecule has 31 heavy (non-hydrogen) atoms. The molecule has 0 radical (unpaired) electrons. The average Bonchev–Trinajstić information content (AvgIpc) is 2.77. The van der Waals surface area contributed by atoms with E-state index in [0.717, 1.165) is 30.3 Å². The molecule has 0 amide bonds. The van der Waals surface area contributed by atoms with Crippen LogP contribution in [0.5, 0.6) is 11.5 Å². The second-order valence-corrected chi connectivity index (χ2v) is 8.43. The fourth-order valence-electron chi connectivity index (χ4n) is 4.37. The standard InChI is InChI=1S/C25H31N3O3/c1-18-6-4-13-27(17-18)14-5-15-31-21-9-7-20(8-10-21)28-19(2)26-24-16-22(30-3)11-12-23(24)25(28)29/h7-12,16,18H,4-6,13-15,17H2,1-3H3/t18-/m0/s1. The molecular weight excluding hydrogens is 390 g/mol. The number of likely N-dealkylation sites (tertiary alicyclic amines) is 1. The van der Waals surface area contributed by atoms with Gasteiger partial charge in [0, 0.05) is 19.2 Å². The Labute approximate surface area is 183 Å². The molecule has 1 atom stereocenters. The number of methoxy groups -OCH3 is 1. The molecule has 6 nitrogen and oxygen atoms in total. The SMILES string of the molecule is COc1ccc2c(=O)n(-c3ccc(OCCCN4CCC[C@H](C)C4)cc3)c(C)nc2c1. The molecular formula is C25H31N3O3. The highest BCUT2D eigenvalue weighted by Crippen LogP contribution is 2.20. The van der Waals surface area contributed by atoms with Crippen LogP contribution in [0.1, 0.15) is 32.0 Å². The zero-order chi connectivity index (χ0) is 21.8. The lowest BCUT2D eigenvalue weighted by molar-refractivity contribution is 0.170. The lowest BCUT2D eigenvalue weighted by Crippen LogP contribution is -2.35. The van der Waals surface area contributed by atoms with E-state index in [1.54, 1.807) is 29.9 Å². The number of hydrogen-bond donors (Lipinski definition) is 0. The normalized spacial score (nSPS) is 17.1. The minimum Gasteiger partial charge on any atom is -0.497 e. The molecule has 2 aromatic carbocycles. The minimum atomic E-state index is -0.0884. The number of rotatable bonds is 7. The summed E-state index contributed by atoms with van der Waals surface area (Å²) in [5.74, 6) is 2.95. The fourth-order valence-corrected chi connectivity index (χ4v) is 4.37. The molecule has 4 rings (SSSR count). The molecule has 1 saturated heterocycles. The summed E-state index contributed by atoms with van der Waals surface area (Å²) in [5.41, 5.74) is 1.33. The van der Waals surface area contributed by atoms with Gasteiger partial charge >= 0.3 is 0 Å². The Morgan fingerprint density at radius 2 is 1.90 bits per heavy atom. The molecule has 0 bridgehead atoms. The second-order valence-electron chi connectivity index (χ2n) is 8.43. The highest BCUT2D eigenvalue weighted by atomic mass is 16.5. The smallest absolute Gasteiger partial charge is 0.265 e. The third-order valence-corrected chi connectivity index (χ3v) is 5.97. The van der Waals surface area contributed by atoms with Crippen LogP contribution in [-0.2, 0) is 0 Å². The van der Waals surface area contributed by atoms with Gasteiger partial charge in [-0.05, 0) is 75.0 Å². The molecule has 0 spiro atoms. The maximum atomic E-state index is 13.1. The van der Waals surface area contributed by atoms with Gasteiger partial charge in [-0.25, -0.2) is 4.98 Å². The molecule has 6 heteroatoms. The Morgan fingerprint density at radius 3 is 2.65 bits per heavy atom. The maximum absolute atomic E-state index is 13.1. The van der Waals surface area contributed by atoms with Gasteiger partial charge in [-0.15, -0.1) is 0 Å². The van der Waals surface area contributed by atoms with E-state index in [1.165, 1.54) is 25.9 Å². The number of ether oxygens (including phenoxy) is 2. The summed E-state index contributed by atoms with van der Waals surface area (Å²) in [6.07, 6.45) is 3.67. The number of aromatic nitrogens is 2. The molecule has 2 heterocycles. The molecule has 3 aromatic rings. The quantitative estimate of drug-likeness (QED) is 0.535. The monoisotopic (exact) mass is 421 g/mol. The molecule has 0 unspecified atom stereocenters. The van der Waals surface area contributed by atoms with Gasteiger partial charge < -0.3 is 14.4 Å². The number of benzene rings is 2. The number of nitrogens with zero attached hydrogens (tertiary/aromatic N) is 3. The highest BCUT2D eigenvalue weighted by molar-refractivity contribution is 5.79. The largest absolute Gasteiger partial charge is 0.497 e. The summed E-state index contributed by atoms with van der Waals surface area (Å²) in [4.78, 5) is 20.2. The lowest BCUT2D eigenvalue weighted by Gasteiger charge is -2.30. The first-order valence-corrected chi connectivity index (χ1v) is 11.1. The summed E-state index contributed by atoms with van der Waals surface area (Å²) in [6.45, 7) is 8.37. The van der Waals surface area contributed by atoms with Crippen LogP contribution >= 0.6 is 0 Å². The van der Waals surface area contributed by atoms with Crippen molar-refractivity contribution in [1.82, 2.24) is 14.5 Å². The van der Waals surface area contributed by atoms with Crippen molar-refractivity contribution < 1.29 is 9.47 Å². The average molecular weight is 422 g/mol. The Morgan fingerprint density at radius 1 is 1.13 bits per heavy atom. The van der Waals surface area contributed by atoms with E-state index in [0.29, 0.717) is 29.1 Å². The highest BCUT2D eigenvalue weighted by Gasteiger charge is 2.15. The van der Waals surface area contributed by atoms with Crippen molar-refractivity contribution in [3.8, 4) is 17.2 Å². The van der Waals surface area contributed by atoms with Crippen LogP contribution in [-0.4, -0.2) is 47.8 Å². The first-order chi connectivity index (χ1) is 15.0. The van der Waals surface area contributed by atoms with E-state index in [-0.39, 0.29) is 5.56 Å². The molecule has 164 valence electrons. The zero-order valence-corrected chi connectivity index (χ0v) is 18.6. The summed E-state index contributed by atoms with van der Waals surface area (Å²) in [7, 11) is 1.60. The van der Waals surface area contributed by atoms with Crippen molar-refractivity contribution in [2.45, 2.75) is 33.1 Å². The predicted molar refractivity (Wildman–Crippen MR) is 124 cm³/mol. The van der Waals surface area contributed by atoms with Crippen LogP contribution in [0.15, 0.2) is 47.3 Å². The third-order valence-electron chi connectivity index (χ3n) is 5.97. The summed E-state index contributed by atoms with van der Waals surface area (Å²) >= 11 is 0. The summed E-state index contributed by atoms with van der Waals surface area (Å²) in [5, 5.41) is 0.568. The van der Waals surface area contributed by atoms with Crippen molar-refractivity contribution in [3.63, 3.8) is 0 Å². The van der Waals surface area contributed by atoms with Crippen LogP contribution in [0.3, 0.4) is 0 Å². The van der Waals surface area contributed by atoms with Gasteiger partial charge in [0.15, 0.2) is 0 Å². The minimum absolute atomic E-state index is 0.0884. The maximum Gasteiger partial charge on any atom is 0.265 e. The van der Waals surface area contributed by atoms with Gasteiger partial charge in [0.25, 0.3) is 5.56 Å². The van der Waals surface area contributed by atoms with Gasteiger partial charge in [-0.1, -0.05) is 6.92 Å². The number of fused-ring (bicyclic) bond motifs is 1. The number of hydrogen-bond acceptors (Lipinski definition) is 5. The van der Waals surface area contributed by atoms with E-state index in [1.807, 2.05) is 31.2 Å². The molecule has 1 fully saturated rings. The first kappa shape index (κ1) is 21.4. The van der Waals surface area contributed by atoms with Gasteiger partial charge in [-0.3, -0.25) is 9.36 Å². The number of piperidine rings is 1. The first-order valence-electron chi connectivity index (χ1n) is 11.1. The van der Waals surface area contributed by atoms with Crippen LogP contribution in [0.25, 0.3) is 16.6 Å². The van der Waals surface area contributed by atoms with Crippen molar-refractivity contribution in [2.75, 3.05) is 33.4 Å². The molecule has 1 aliphatic heterocycles. The van der Waals surface area contributed by atoms with Gasteiger partial charge in [0.1, 0.15) is 17.3 Å². The Balaban J connectivity index is 1.42. The topological polar surface area (TPSA) is 56.6 Å². The predicted octanol–water partition coefficient (Wildman–Crippen LogP) is 4.20. The van der Waals surface area contributed by atoms with Gasteiger partial charge in [0.05, 0.1) is 30.3 Å². The van der Waals surface area contributed by atoms with Gasteiger partial charge in [0.2, 0.25) is 0 Å². The number of aryl methyl sites for hydroxylation is 1. The van der Waals surface area contributed by atoms with E-state index in [9.17, 15) is 4.79 Å². The van der Waals surface area contributed by atoms with Crippen LogP contribution in [0.2, 0.25) is 0 Å². The Hall–Kier alpha value is -2.86. The van der Waals surface area contributed by atoms with E-state index in [4.69, 9.17) is 9.47 Å². The third kappa shape index (κ3) is 4.90. The van der Waals surface area contributed by atoms with Crippen molar-refractivity contribution in [2.24, 2.45) is 5.92 Å². The van der Waals surface area contributed by atoms with Crippen molar-refractivity contribution >= 4 is 10.9 Å². The van der Waals surface area contributed by atoms with Crippen molar-refractivity contribution in [1.29, 1.82) is 0 Å². The van der Waals surface area contributed by atoms with Crippen LogP contribution in [0, 0.1) is 12.8 Å². The molecule has 1 aromatic heterocycles. The summed E-state index contributed by atoms with van der Waals surface area (Å²) in [6, 6.07) is 13.0. The van der Waals surface area contributed by atoms with Crippen LogP contribution in [0.4, 0.5) is 0 Å². The molecule has 0 aliphatic carbocycles. The van der Waals surface area contributed by atoms with E-state index in [2.05, 4.69) is 16.8 Å². The van der Waals surface area contributed by atoms with Gasteiger partial charge in [-0.2, -0.15) is 0 Å². The van der Waals surface area contributed by atoms with E-state index >= 15 is 0 Å². The van der Waals surface area contributed by atoms with Crippen molar-refractivity contribution in [3.05, 3.63) is 58.6 Å². The lowest BCUT2D eigenvalue weighted by atomic mass is 10.0. The molecule has 1 aliphatic rings. The summed E-state index contributed by atoms with van der Waals surface area (Å²) < 4.78 is 12.8. The van der Waals surface area contributed by atoms with E-state index < -0.39 is 0 Å². The Bertz CT molecular complexity index is 1090. The molecule has 0 saturated carbocycles. The Kier molecular flexibility index (Phi) is 6.56. The zero-order valence-electron chi connectivity index (χ0n) is 18.6. The van der Waals surface area contributed by atoms with Crippen LogP contribution < -0.4 is 15.0 Å². The second kappa shape index (κ2) is 9.52.